The second kappa shape index (κ2) is 5.40. The van der Waals surface area contributed by atoms with Gasteiger partial charge >= 0.3 is 0 Å². The molecule has 1 atom stereocenters. The van der Waals surface area contributed by atoms with Crippen LogP contribution in [0.25, 0.3) is 0 Å². The van der Waals surface area contributed by atoms with Crippen molar-refractivity contribution in [2.24, 2.45) is 0 Å². The summed E-state index contributed by atoms with van der Waals surface area (Å²) in [5.74, 6) is 1.38. The van der Waals surface area contributed by atoms with Crippen LogP contribution < -0.4 is 20.5 Å². The third-order valence-corrected chi connectivity index (χ3v) is 4.20. The molecule has 110 valence electrons. The van der Waals surface area contributed by atoms with Crippen molar-refractivity contribution in [1.82, 2.24) is 4.90 Å². The molecule has 3 N–H and O–H groups in total. The molecule has 0 spiro atoms. The quantitative estimate of drug-likeness (QED) is 0.805. The van der Waals surface area contributed by atoms with Gasteiger partial charge in [-0.25, -0.2) is 0 Å². The second-order valence-electron chi connectivity index (χ2n) is 5.65. The van der Waals surface area contributed by atoms with Gasteiger partial charge in [-0.05, 0) is 19.3 Å². The molecule has 1 unspecified atom stereocenters. The number of nitrogen functional groups attached to an aromatic ring is 1. The Kier molecular flexibility index (Phi) is 3.61. The van der Waals surface area contributed by atoms with E-state index >= 15 is 0 Å². The van der Waals surface area contributed by atoms with E-state index in [1.165, 1.54) is 25.8 Å². The lowest BCUT2D eigenvalue weighted by Gasteiger charge is -2.19. The first-order valence-electron chi connectivity index (χ1n) is 7.23. The molecule has 5 nitrogen and oxygen atoms in total. The Hall–Kier alpha value is -1.62. The average Bonchev–Trinajstić information content (AvgIpc) is 3.21. The van der Waals surface area contributed by atoms with Crippen LogP contribution in [0.15, 0.2) is 12.1 Å². The van der Waals surface area contributed by atoms with Crippen molar-refractivity contribution in [3.8, 4) is 11.5 Å². The Bertz CT molecular complexity index is 488. The molecule has 1 aliphatic carbocycles. The first kappa shape index (κ1) is 13.4. The number of rotatable bonds is 5. The predicted molar refractivity (Wildman–Crippen MR) is 80.6 cm³/mol. The maximum atomic E-state index is 6.09. The first-order valence-corrected chi connectivity index (χ1v) is 7.23. The molecule has 2 fully saturated rings. The van der Waals surface area contributed by atoms with Gasteiger partial charge in [0, 0.05) is 37.3 Å². The number of hydrogen-bond donors (Lipinski definition) is 2. The lowest BCUT2D eigenvalue weighted by molar-refractivity contribution is 0.326. The lowest BCUT2D eigenvalue weighted by atomic mass is 10.2. The fraction of sp³-hybridized carbons (Fsp3) is 0.600. The summed E-state index contributed by atoms with van der Waals surface area (Å²) >= 11 is 0. The Labute approximate surface area is 120 Å². The summed E-state index contributed by atoms with van der Waals surface area (Å²) in [4.78, 5) is 2.58. The van der Waals surface area contributed by atoms with Crippen LogP contribution >= 0.6 is 0 Å². The van der Waals surface area contributed by atoms with E-state index in [1.54, 1.807) is 14.2 Å². The number of ether oxygens (including phenoxy) is 2. The summed E-state index contributed by atoms with van der Waals surface area (Å²) in [6.07, 6.45) is 3.90. The fourth-order valence-electron chi connectivity index (χ4n) is 2.92. The van der Waals surface area contributed by atoms with Gasteiger partial charge in [0.05, 0.1) is 25.6 Å². The number of nitrogens with one attached hydrogen (secondary N) is 1. The zero-order valence-electron chi connectivity index (χ0n) is 12.2. The standard InChI is InChI=1S/C15H23N3O2/c1-19-14-7-12(16)13(8-15(14)20-2)17-10-5-6-18(9-10)11-3-4-11/h7-8,10-11,17H,3-6,9,16H2,1-2H3. The van der Waals surface area contributed by atoms with Gasteiger partial charge < -0.3 is 20.5 Å². The SMILES string of the molecule is COc1cc(N)c(NC2CCN(C3CC3)C2)cc1OC. The van der Waals surface area contributed by atoms with Crippen molar-refractivity contribution in [2.45, 2.75) is 31.3 Å². The second-order valence-corrected chi connectivity index (χ2v) is 5.65. The molecule has 3 rings (SSSR count). The Morgan fingerprint density at radius 2 is 1.85 bits per heavy atom. The van der Waals surface area contributed by atoms with E-state index < -0.39 is 0 Å². The number of benzene rings is 1. The van der Waals surface area contributed by atoms with Crippen LogP contribution in [0.1, 0.15) is 19.3 Å². The van der Waals surface area contributed by atoms with Crippen LogP contribution in [0.2, 0.25) is 0 Å². The highest BCUT2D eigenvalue weighted by Crippen LogP contribution is 2.36. The molecule has 2 aliphatic rings. The smallest absolute Gasteiger partial charge is 0.162 e. The van der Waals surface area contributed by atoms with Gasteiger partial charge in [0.2, 0.25) is 0 Å². The molecule has 1 aliphatic heterocycles. The van der Waals surface area contributed by atoms with Gasteiger partial charge in [-0.2, -0.15) is 0 Å². The summed E-state index contributed by atoms with van der Waals surface area (Å²) in [5.41, 5.74) is 7.73. The molecule has 0 bridgehead atoms. The average molecular weight is 277 g/mol. The van der Waals surface area contributed by atoms with Gasteiger partial charge in [-0.15, -0.1) is 0 Å². The molecule has 1 aromatic carbocycles. The van der Waals surface area contributed by atoms with Crippen molar-refractivity contribution in [2.75, 3.05) is 38.4 Å². The Balaban J connectivity index is 1.70. The largest absolute Gasteiger partial charge is 0.493 e. The number of hydrogen-bond acceptors (Lipinski definition) is 5. The van der Waals surface area contributed by atoms with Crippen LogP contribution in [0.5, 0.6) is 11.5 Å². The summed E-state index contributed by atoms with van der Waals surface area (Å²) in [5, 5.41) is 3.55. The normalized spacial score (nSPS) is 22.8. The Morgan fingerprint density at radius 3 is 2.50 bits per heavy atom. The first-order chi connectivity index (χ1) is 9.71. The van der Waals surface area contributed by atoms with Gasteiger partial charge in [-0.1, -0.05) is 0 Å². The van der Waals surface area contributed by atoms with Crippen molar-refractivity contribution in [1.29, 1.82) is 0 Å². The van der Waals surface area contributed by atoms with Crippen LogP contribution in [-0.2, 0) is 0 Å². The predicted octanol–water partition coefficient (Wildman–Crippen LogP) is 1.93. The van der Waals surface area contributed by atoms with E-state index in [9.17, 15) is 0 Å². The van der Waals surface area contributed by atoms with E-state index in [0.29, 0.717) is 23.2 Å². The maximum absolute atomic E-state index is 6.09. The Morgan fingerprint density at radius 1 is 1.15 bits per heavy atom. The van der Waals surface area contributed by atoms with Gasteiger partial charge in [-0.3, -0.25) is 4.90 Å². The number of methoxy groups -OCH3 is 2. The third kappa shape index (κ3) is 2.63. The van der Waals surface area contributed by atoms with Crippen LogP contribution in [0.4, 0.5) is 11.4 Å². The number of likely N-dealkylation sites (tertiary alicyclic amines) is 1. The monoisotopic (exact) mass is 277 g/mol. The molecular weight excluding hydrogens is 254 g/mol. The molecular formula is C15H23N3O2. The lowest BCUT2D eigenvalue weighted by Crippen LogP contribution is -2.28. The number of nitrogens with two attached hydrogens (primary N) is 1. The molecule has 1 saturated heterocycles. The van der Waals surface area contributed by atoms with E-state index in [0.717, 1.165) is 18.3 Å². The zero-order chi connectivity index (χ0) is 14.1. The minimum Gasteiger partial charge on any atom is -0.493 e. The van der Waals surface area contributed by atoms with Crippen LogP contribution in [-0.4, -0.2) is 44.3 Å². The summed E-state index contributed by atoms with van der Waals surface area (Å²) in [7, 11) is 3.26. The molecule has 20 heavy (non-hydrogen) atoms. The minimum absolute atomic E-state index is 0.469. The number of anilines is 2. The maximum Gasteiger partial charge on any atom is 0.162 e. The van der Waals surface area contributed by atoms with Gasteiger partial charge in [0.1, 0.15) is 0 Å². The molecule has 0 radical (unpaired) electrons. The van der Waals surface area contributed by atoms with E-state index in [2.05, 4.69) is 10.2 Å². The van der Waals surface area contributed by atoms with E-state index in [1.807, 2.05) is 12.1 Å². The van der Waals surface area contributed by atoms with Crippen LogP contribution in [0, 0.1) is 0 Å². The van der Waals surface area contributed by atoms with E-state index in [4.69, 9.17) is 15.2 Å². The zero-order valence-corrected chi connectivity index (χ0v) is 12.2. The highest BCUT2D eigenvalue weighted by molar-refractivity contribution is 5.72. The van der Waals surface area contributed by atoms with Gasteiger partial charge in [0.15, 0.2) is 11.5 Å². The fourth-order valence-corrected chi connectivity index (χ4v) is 2.92. The topological polar surface area (TPSA) is 59.8 Å². The summed E-state index contributed by atoms with van der Waals surface area (Å²) < 4.78 is 10.6. The van der Waals surface area contributed by atoms with Crippen molar-refractivity contribution in [3.63, 3.8) is 0 Å². The molecule has 0 amide bonds. The van der Waals surface area contributed by atoms with Crippen molar-refractivity contribution < 1.29 is 9.47 Å². The summed E-state index contributed by atoms with van der Waals surface area (Å²) in [6, 6.07) is 5.04. The van der Waals surface area contributed by atoms with Gasteiger partial charge in [0.25, 0.3) is 0 Å². The molecule has 1 aromatic rings. The third-order valence-electron chi connectivity index (χ3n) is 4.20. The minimum atomic E-state index is 0.469. The summed E-state index contributed by atoms with van der Waals surface area (Å²) in [6.45, 7) is 2.30. The molecule has 1 saturated carbocycles. The molecule has 0 aromatic heterocycles. The van der Waals surface area contributed by atoms with Crippen LogP contribution in [0.3, 0.4) is 0 Å². The highest BCUT2D eigenvalue weighted by Gasteiger charge is 2.34. The van der Waals surface area contributed by atoms with Crippen molar-refractivity contribution >= 4 is 11.4 Å². The number of nitrogens with zero attached hydrogens (tertiary/aromatic N) is 1. The van der Waals surface area contributed by atoms with E-state index in [-0.39, 0.29) is 0 Å². The molecule has 5 heteroatoms. The highest BCUT2D eigenvalue weighted by atomic mass is 16.5. The van der Waals surface area contributed by atoms with Crippen molar-refractivity contribution in [3.05, 3.63) is 12.1 Å². The molecule has 1 heterocycles.